The molecule has 60 heavy (non-hydrogen) atoms. The van der Waals surface area contributed by atoms with Crippen LogP contribution in [0.5, 0.6) is 11.5 Å². The number of rotatable bonds is 24. The van der Waals surface area contributed by atoms with Gasteiger partial charge >= 0.3 is 0 Å². The second kappa shape index (κ2) is 23.8. The number of nitrogens with one attached hydrogen (secondary N) is 2. The summed E-state index contributed by atoms with van der Waals surface area (Å²) in [6.45, 7) is 14.4. The molecule has 322 valence electrons. The molecule has 0 radical (unpaired) electrons. The first-order chi connectivity index (χ1) is 28.8. The van der Waals surface area contributed by atoms with E-state index in [-0.39, 0.29) is 50.8 Å². The number of ether oxygens (including phenoxy) is 3. The van der Waals surface area contributed by atoms with Crippen molar-refractivity contribution in [1.29, 1.82) is 5.26 Å². The largest absolute Gasteiger partial charge is 0.497 e. The molecule has 0 saturated carbocycles. The van der Waals surface area contributed by atoms with Crippen molar-refractivity contribution in [2.45, 2.75) is 91.0 Å². The number of nitriles is 1. The fourth-order valence-electron chi connectivity index (χ4n) is 7.06. The molecule has 0 aliphatic rings. The van der Waals surface area contributed by atoms with Gasteiger partial charge in [0.2, 0.25) is 11.8 Å². The van der Waals surface area contributed by atoms with Crippen LogP contribution in [-0.2, 0) is 35.4 Å². The average Bonchev–Trinajstić information content (AvgIpc) is 3.25. The summed E-state index contributed by atoms with van der Waals surface area (Å²) in [4.78, 5) is 27.2. The highest BCUT2D eigenvalue weighted by atomic mass is 31.2. The van der Waals surface area contributed by atoms with Crippen LogP contribution in [0.1, 0.15) is 88.6 Å². The highest BCUT2D eigenvalue weighted by Gasteiger charge is 2.39. The minimum absolute atomic E-state index is 0.00348. The Morgan fingerprint density at radius 2 is 1.28 bits per heavy atom. The Labute approximate surface area is 358 Å². The van der Waals surface area contributed by atoms with Gasteiger partial charge in [0.1, 0.15) is 17.1 Å². The lowest BCUT2D eigenvalue weighted by molar-refractivity contribution is -0.127. The van der Waals surface area contributed by atoms with Crippen molar-refractivity contribution in [3.63, 3.8) is 0 Å². The molecule has 0 saturated heterocycles. The van der Waals surface area contributed by atoms with Gasteiger partial charge in [-0.15, -0.1) is 0 Å². The Bertz CT molecular complexity index is 1880. The van der Waals surface area contributed by atoms with Crippen LogP contribution < -0.4 is 20.1 Å². The zero-order chi connectivity index (χ0) is 43.7. The summed E-state index contributed by atoms with van der Waals surface area (Å²) in [5.74, 6) is 0.796. The van der Waals surface area contributed by atoms with Gasteiger partial charge in [-0.3, -0.25) is 9.59 Å². The van der Waals surface area contributed by atoms with Crippen molar-refractivity contribution in [3.05, 3.63) is 131 Å². The zero-order valence-corrected chi connectivity index (χ0v) is 37.5. The van der Waals surface area contributed by atoms with Crippen molar-refractivity contribution >= 4 is 20.3 Å². The van der Waals surface area contributed by atoms with E-state index in [0.29, 0.717) is 17.4 Å². The quantitative estimate of drug-likeness (QED) is 0.0404. The third kappa shape index (κ3) is 13.3. The van der Waals surface area contributed by atoms with Crippen molar-refractivity contribution in [2.75, 3.05) is 40.6 Å². The van der Waals surface area contributed by atoms with Crippen LogP contribution in [0.25, 0.3) is 0 Å². The summed E-state index contributed by atoms with van der Waals surface area (Å²) in [5, 5.41) is 15.2. The summed E-state index contributed by atoms with van der Waals surface area (Å²) >= 11 is 0. The Balaban J connectivity index is 1.67. The van der Waals surface area contributed by atoms with Gasteiger partial charge in [-0.05, 0) is 99.0 Å². The third-order valence-corrected chi connectivity index (χ3v) is 12.1. The van der Waals surface area contributed by atoms with Crippen LogP contribution in [0.15, 0.2) is 103 Å². The van der Waals surface area contributed by atoms with E-state index in [1.165, 1.54) is 5.56 Å². The normalized spacial score (nSPS) is 13.2. The van der Waals surface area contributed by atoms with Crippen molar-refractivity contribution in [3.8, 4) is 17.6 Å². The van der Waals surface area contributed by atoms with E-state index in [2.05, 4.69) is 75.0 Å². The predicted molar refractivity (Wildman–Crippen MR) is 238 cm³/mol. The topological polar surface area (TPSA) is 131 Å². The molecule has 4 aromatic rings. The molecule has 0 fully saturated rings. The van der Waals surface area contributed by atoms with Gasteiger partial charge in [0.15, 0.2) is 0 Å². The predicted octanol–water partition coefficient (Wildman–Crippen LogP) is 8.91. The Kier molecular flexibility index (Phi) is 19.0. The first-order valence-electron chi connectivity index (χ1n) is 20.7. The highest BCUT2D eigenvalue weighted by molar-refractivity contribution is 7.44. The summed E-state index contributed by atoms with van der Waals surface area (Å²) in [7, 11) is 1.61. The monoisotopic (exact) mass is 838 g/mol. The lowest BCUT2D eigenvalue weighted by atomic mass is 9.80. The summed E-state index contributed by atoms with van der Waals surface area (Å²) in [5.41, 5.74) is 3.45. The molecule has 2 unspecified atom stereocenters. The number of nitrogens with zero attached hydrogens (tertiary/aromatic N) is 2. The van der Waals surface area contributed by atoms with Crippen LogP contribution in [0.3, 0.4) is 0 Å². The van der Waals surface area contributed by atoms with E-state index in [1.54, 1.807) is 14.2 Å². The van der Waals surface area contributed by atoms with Crippen LogP contribution in [0, 0.1) is 17.2 Å². The number of hydrogen-bond acceptors (Lipinski definition) is 9. The molecule has 0 aromatic heterocycles. The summed E-state index contributed by atoms with van der Waals surface area (Å²) in [6, 6.07) is 35.0. The molecule has 0 heterocycles. The Morgan fingerprint density at radius 1 is 0.733 bits per heavy atom. The van der Waals surface area contributed by atoms with Crippen LogP contribution >= 0.6 is 8.53 Å². The molecular formula is C48H63N4O7P. The molecule has 0 aliphatic heterocycles. The van der Waals surface area contributed by atoms with Crippen molar-refractivity contribution < 1.29 is 32.8 Å². The van der Waals surface area contributed by atoms with Crippen LogP contribution in [0.2, 0.25) is 0 Å². The minimum Gasteiger partial charge on any atom is -0.497 e. The number of amides is 2. The maximum absolute atomic E-state index is 13.8. The van der Waals surface area contributed by atoms with Gasteiger partial charge in [0.25, 0.3) is 8.53 Å². The number of carbonyl (C=O) groups excluding carboxylic acids is 2. The first kappa shape index (κ1) is 47.9. The fourth-order valence-corrected chi connectivity index (χ4v) is 8.71. The van der Waals surface area contributed by atoms with Gasteiger partial charge < -0.3 is 33.9 Å². The van der Waals surface area contributed by atoms with E-state index in [1.807, 2.05) is 97.9 Å². The van der Waals surface area contributed by atoms with Gasteiger partial charge in [-0.1, -0.05) is 92.7 Å². The molecule has 4 rings (SSSR count). The molecule has 2 N–H and O–H groups in total. The molecule has 11 nitrogen and oxygen atoms in total. The van der Waals surface area contributed by atoms with E-state index in [9.17, 15) is 14.9 Å². The van der Waals surface area contributed by atoms with Gasteiger partial charge in [0, 0.05) is 12.1 Å². The molecule has 0 aliphatic carbocycles. The molecule has 2 amide bonds. The van der Waals surface area contributed by atoms with Crippen molar-refractivity contribution in [2.24, 2.45) is 5.92 Å². The molecule has 0 spiro atoms. The second-order valence-electron chi connectivity index (χ2n) is 15.7. The molecule has 12 heteroatoms. The zero-order valence-electron chi connectivity index (χ0n) is 36.6. The number of methoxy groups -OCH3 is 2. The lowest BCUT2D eigenvalue weighted by Crippen LogP contribution is -2.48. The molecule has 3 atom stereocenters. The molecule has 0 bridgehead atoms. The minimum atomic E-state index is -1.64. The smallest absolute Gasteiger partial charge is 0.259 e. The van der Waals surface area contributed by atoms with E-state index >= 15 is 0 Å². The van der Waals surface area contributed by atoms with Gasteiger partial charge in [-0.25, -0.2) is 4.67 Å². The average molecular weight is 839 g/mol. The van der Waals surface area contributed by atoms with Gasteiger partial charge in [-0.2, -0.15) is 5.26 Å². The maximum Gasteiger partial charge on any atom is 0.259 e. The Hall–Kier alpha value is -4.82. The highest BCUT2D eigenvalue weighted by Crippen LogP contribution is 2.46. The number of carbonyl (C=O) groups is 2. The molecular weight excluding hydrogens is 776 g/mol. The molecule has 4 aromatic carbocycles. The lowest BCUT2D eigenvalue weighted by Gasteiger charge is -2.38. The number of benzene rings is 4. The van der Waals surface area contributed by atoms with E-state index < -0.39 is 32.0 Å². The van der Waals surface area contributed by atoms with E-state index in [4.69, 9.17) is 23.3 Å². The van der Waals surface area contributed by atoms with Crippen molar-refractivity contribution in [1.82, 2.24) is 15.3 Å². The maximum atomic E-state index is 13.8. The number of hydrogen-bond donors (Lipinski definition) is 2. The van der Waals surface area contributed by atoms with E-state index in [0.717, 1.165) is 28.7 Å². The SMILES string of the molecule is COc1ccc(C(OCC(COP(OCCC#N)N(C(C)C)C(C)C)NC(=O)CNC(=O)[C@@H](C)c2ccc(CC(C)C)cc2)(c2ccccc2)c2ccc(OC)cc2)cc1. The van der Waals surface area contributed by atoms with Gasteiger partial charge in [0.05, 0.1) is 65.0 Å². The first-order valence-corrected chi connectivity index (χ1v) is 21.8. The third-order valence-electron chi connectivity index (χ3n) is 10.0. The van der Waals surface area contributed by atoms with Crippen LogP contribution in [-0.4, -0.2) is 75.2 Å². The summed E-state index contributed by atoms with van der Waals surface area (Å²) < 4.78 is 33.1. The standard InChI is InChI=1S/C48H63N4O7P/c1-34(2)30-38-16-18-39(19-17-38)37(7)47(54)50-31-46(53)51-43(33-59-60(58-29-13-28-49)52(35(3)4)36(5)6)32-57-48(40-14-11-10-12-15-40,41-20-24-44(55-8)25-21-41)42-22-26-45(56-9)27-23-42/h10-12,14-27,34-37,43H,13,29-33H2,1-9H3,(H,50,54)(H,51,53)/t37-,43?,60?/m0/s1. The fraction of sp³-hybridized carbons (Fsp3) is 0.438. The Morgan fingerprint density at radius 3 is 1.78 bits per heavy atom. The van der Waals surface area contributed by atoms with Crippen LogP contribution in [0.4, 0.5) is 0 Å². The second-order valence-corrected chi connectivity index (χ2v) is 17.2. The summed E-state index contributed by atoms with van der Waals surface area (Å²) in [6.07, 6.45) is 1.17.